The Labute approximate surface area is 129 Å². The number of carbonyl (C=O) groups is 1. The van der Waals surface area contributed by atoms with Crippen LogP contribution >= 0.6 is 11.6 Å². The van der Waals surface area contributed by atoms with Crippen LogP contribution in [0.2, 0.25) is 5.02 Å². The number of benzene rings is 2. The molecule has 21 heavy (non-hydrogen) atoms. The highest BCUT2D eigenvalue weighted by molar-refractivity contribution is 6.30. The number of para-hydroxylation sites is 1. The van der Waals surface area contributed by atoms with E-state index in [4.69, 9.17) is 16.3 Å². The molecule has 0 spiro atoms. The molecule has 0 saturated heterocycles. The standard InChI is InChI=1S/C17H18ClNO2/c1-17(2,13-7-6-8-14(18)11-13)19-16(20)12-21-15-9-4-3-5-10-15/h3-11H,12H2,1-2H3,(H,19,20). The lowest BCUT2D eigenvalue weighted by molar-refractivity contribution is -0.124. The summed E-state index contributed by atoms with van der Waals surface area (Å²) in [7, 11) is 0. The van der Waals surface area contributed by atoms with E-state index in [1.807, 2.05) is 68.4 Å². The van der Waals surface area contributed by atoms with Gasteiger partial charge in [-0.3, -0.25) is 4.79 Å². The van der Waals surface area contributed by atoms with Gasteiger partial charge in [-0.15, -0.1) is 0 Å². The fourth-order valence-corrected chi connectivity index (χ4v) is 2.19. The van der Waals surface area contributed by atoms with Gasteiger partial charge in [0.25, 0.3) is 5.91 Å². The van der Waals surface area contributed by atoms with E-state index in [9.17, 15) is 4.79 Å². The molecule has 0 unspecified atom stereocenters. The van der Waals surface area contributed by atoms with Crippen molar-refractivity contribution in [3.8, 4) is 5.75 Å². The lowest BCUT2D eigenvalue weighted by atomic mass is 9.94. The summed E-state index contributed by atoms with van der Waals surface area (Å²) >= 11 is 5.99. The van der Waals surface area contributed by atoms with Crippen LogP contribution < -0.4 is 10.1 Å². The Bertz CT molecular complexity index is 611. The average Bonchev–Trinajstić information content (AvgIpc) is 2.46. The largest absolute Gasteiger partial charge is 0.484 e. The van der Waals surface area contributed by atoms with Crippen LogP contribution in [0.3, 0.4) is 0 Å². The maximum atomic E-state index is 12.0. The van der Waals surface area contributed by atoms with Crippen molar-refractivity contribution < 1.29 is 9.53 Å². The first-order valence-corrected chi connectivity index (χ1v) is 7.10. The summed E-state index contributed by atoms with van der Waals surface area (Å²) < 4.78 is 5.44. The highest BCUT2D eigenvalue weighted by Gasteiger charge is 2.23. The molecule has 4 heteroatoms. The van der Waals surface area contributed by atoms with Crippen LogP contribution in [0.5, 0.6) is 5.75 Å². The van der Waals surface area contributed by atoms with Gasteiger partial charge in [0.05, 0.1) is 5.54 Å². The number of amides is 1. The Morgan fingerprint density at radius 3 is 2.52 bits per heavy atom. The van der Waals surface area contributed by atoms with E-state index in [-0.39, 0.29) is 12.5 Å². The van der Waals surface area contributed by atoms with Crippen molar-refractivity contribution >= 4 is 17.5 Å². The van der Waals surface area contributed by atoms with Crippen LogP contribution in [-0.2, 0) is 10.3 Å². The first kappa shape index (κ1) is 15.4. The fraction of sp³-hybridized carbons (Fsp3) is 0.235. The Hall–Kier alpha value is -2.00. The minimum Gasteiger partial charge on any atom is -0.484 e. The van der Waals surface area contributed by atoms with Crippen LogP contribution in [0.15, 0.2) is 54.6 Å². The predicted molar refractivity (Wildman–Crippen MR) is 84.6 cm³/mol. The molecule has 0 fully saturated rings. The third kappa shape index (κ3) is 4.50. The summed E-state index contributed by atoms with van der Waals surface area (Å²) in [5.74, 6) is 0.497. The van der Waals surface area contributed by atoms with Crippen molar-refractivity contribution in [3.63, 3.8) is 0 Å². The van der Waals surface area contributed by atoms with E-state index in [1.165, 1.54) is 0 Å². The molecule has 2 aromatic rings. The van der Waals surface area contributed by atoms with E-state index in [2.05, 4.69) is 5.32 Å². The molecule has 0 radical (unpaired) electrons. The van der Waals surface area contributed by atoms with Crippen molar-refractivity contribution in [1.82, 2.24) is 5.32 Å². The SMILES string of the molecule is CC(C)(NC(=O)COc1ccccc1)c1cccc(Cl)c1. The summed E-state index contributed by atoms with van der Waals surface area (Å²) in [4.78, 5) is 12.0. The Kier molecular flexibility index (Phi) is 4.86. The lowest BCUT2D eigenvalue weighted by Gasteiger charge is -2.27. The zero-order valence-corrected chi connectivity index (χ0v) is 12.9. The normalized spacial score (nSPS) is 11.0. The molecule has 1 amide bonds. The molecular weight excluding hydrogens is 286 g/mol. The molecule has 0 aliphatic rings. The maximum absolute atomic E-state index is 12.0. The second-order valence-electron chi connectivity index (χ2n) is 5.29. The number of nitrogens with one attached hydrogen (secondary N) is 1. The van der Waals surface area contributed by atoms with Crippen molar-refractivity contribution in [1.29, 1.82) is 0 Å². The van der Waals surface area contributed by atoms with Crippen LogP contribution in [0.1, 0.15) is 19.4 Å². The molecule has 1 N–H and O–H groups in total. The van der Waals surface area contributed by atoms with Crippen molar-refractivity contribution in [3.05, 3.63) is 65.2 Å². The topological polar surface area (TPSA) is 38.3 Å². The lowest BCUT2D eigenvalue weighted by Crippen LogP contribution is -2.43. The molecule has 2 aromatic carbocycles. The molecule has 0 aliphatic carbocycles. The number of carbonyl (C=O) groups excluding carboxylic acids is 1. The number of ether oxygens (including phenoxy) is 1. The molecule has 110 valence electrons. The third-order valence-electron chi connectivity index (χ3n) is 3.11. The first-order valence-electron chi connectivity index (χ1n) is 6.72. The third-order valence-corrected chi connectivity index (χ3v) is 3.35. The maximum Gasteiger partial charge on any atom is 0.258 e. The number of halogens is 1. The fourth-order valence-electron chi connectivity index (χ4n) is 2.00. The number of hydrogen-bond donors (Lipinski definition) is 1. The van der Waals surface area contributed by atoms with Gasteiger partial charge in [-0.05, 0) is 43.7 Å². The van der Waals surface area contributed by atoms with Gasteiger partial charge >= 0.3 is 0 Å². The summed E-state index contributed by atoms with van der Waals surface area (Å²) in [5, 5.41) is 3.60. The highest BCUT2D eigenvalue weighted by atomic mass is 35.5. The first-order chi connectivity index (χ1) is 9.97. The van der Waals surface area contributed by atoms with Gasteiger partial charge in [-0.25, -0.2) is 0 Å². The molecule has 0 bridgehead atoms. The molecular formula is C17H18ClNO2. The minimum atomic E-state index is -0.512. The minimum absolute atomic E-state index is 0.0198. The number of rotatable bonds is 5. The average molecular weight is 304 g/mol. The van der Waals surface area contributed by atoms with Gasteiger partial charge in [-0.1, -0.05) is 41.9 Å². The van der Waals surface area contributed by atoms with Crippen LogP contribution in [-0.4, -0.2) is 12.5 Å². The monoisotopic (exact) mass is 303 g/mol. The molecule has 0 atom stereocenters. The van der Waals surface area contributed by atoms with E-state index in [0.717, 1.165) is 5.56 Å². The Balaban J connectivity index is 1.95. The van der Waals surface area contributed by atoms with Gasteiger partial charge in [0.15, 0.2) is 6.61 Å². The second-order valence-corrected chi connectivity index (χ2v) is 5.72. The van der Waals surface area contributed by atoms with E-state index in [1.54, 1.807) is 0 Å². The molecule has 0 saturated carbocycles. The molecule has 0 heterocycles. The van der Waals surface area contributed by atoms with Crippen LogP contribution in [0.4, 0.5) is 0 Å². The van der Waals surface area contributed by atoms with Crippen LogP contribution in [0.25, 0.3) is 0 Å². The quantitative estimate of drug-likeness (QED) is 0.913. The summed E-state index contributed by atoms with van der Waals surface area (Å²) in [6.07, 6.45) is 0. The zero-order valence-electron chi connectivity index (χ0n) is 12.1. The van der Waals surface area contributed by atoms with Crippen molar-refractivity contribution in [2.24, 2.45) is 0 Å². The van der Waals surface area contributed by atoms with Gasteiger partial charge in [0, 0.05) is 5.02 Å². The van der Waals surface area contributed by atoms with E-state index in [0.29, 0.717) is 10.8 Å². The van der Waals surface area contributed by atoms with Gasteiger partial charge < -0.3 is 10.1 Å². The van der Waals surface area contributed by atoms with Gasteiger partial charge in [0.2, 0.25) is 0 Å². The molecule has 2 rings (SSSR count). The molecule has 0 aromatic heterocycles. The van der Waals surface area contributed by atoms with E-state index >= 15 is 0 Å². The second kappa shape index (κ2) is 6.64. The van der Waals surface area contributed by atoms with Crippen molar-refractivity contribution in [2.75, 3.05) is 6.61 Å². The zero-order chi connectivity index (χ0) is 15.3. The van der Waals surface area contributed by atoms with Crippen molar-refractivity contribution in [2.45, 2.75) is 19.4 Å². The number of hydrogen-bond acceptors (Lipinski definition) is 2. The highest BCUT2D eigenvalue weighted by Crippen LogP contribution is 2.22. The Morgan fingerprint density at radius 2 is 1.86 bits per heavy atom. The summed E-state index contributed by atoms with van der Waals surface area (Å²) in [6.45, 7) is 3.84. The van der Waals surface area contributed by atoms with E-state index < -0.39 is 5.54 Å². The predicted octanol–water partition coefficient (Wildman–Crippen LogP) is 3.77. The Morgan fingerprint density at radius 1 is 1.14 bits per heavy atom. The summed E-state index contributed by atoms with van der Waals surface area (Å²) in [5.41, 5.74) is 0.435. The van der Waals surface area contributed by atoms with Crippen LogP contribution in [0, 0.1) is 0 Å². The molecule has 0 aliphatic heterocycles. The molecule has 3 nitrogen and oxygen atoms in total. The summed E-state index contributed by atoms with van der Waals surface area (Å²) in [6, 6.07) is 16.7. The van der Waals surface area contributed by atoms with Gasteiger partial charge in [-0.2, -0.15) is 0 Å². The smallest absolute Gasteiger partial charge is 0.258 e. The van der Waals surface area contributed by atoms with Gasteiger partial charge in [0.1, 0.15) is 5.75 Å².